The van der Waals surface area contributed by atoms with Crippen molar-refractivity contribution in [3.05, 3.63) is 88.3 Å². The normalized spacial score (nSPS) is 10.9. The Kier molecular flexibility index (Phi) is 5.10. The van der Waals surface area contributed by atoms with Crippen molar-refractivity contribution >= 4 is 17.2 Å². The van der Waals surface area contributed by atoms with E-state index in [2.05, 4.69) is 42.4 Å². The van der Waals surface area contributed by atoms with Gasteiger partial charge < -0.3 is 0 Å². The first kappa shape index (κ1) is 18.2. The summed E-state index contributed by atoms with van der Waals surface area (Å²) in [5.41, 5.74) is 6.89. The van der Waals surface area contributed by atoms with Crippen molar-refractivity contribution in [1.82, 2.24) is 14.6 Å². The van der Waals surface area contributed by atoms with Crippen molar-refractivity contribution in [2.24, 2.45) is 0 Å². The highest BCUT2D eigenvalue weighted by atomic mass is 35.5. The maximum absolute atomic E-state index is 9.32. The fourth-order valence-electron chi connectivity index (χ4n) is 3.42. The van der Waals surface area contributed by atoms with Gasteiger partial charge in [-0.05, 0) is 34.7 Å². The largest absolute Gasteiger partial charge is 0.233 e. The van der Waals surface area contributed by atoms with E-state index in [0.717, 1.165) is 47.3 Å². The van der Waals surface area contributed by atoms with Crippen molar-refractivity contribution in [2.75, 3.05) is 0 Å². The Balaban J connectivity index is 1.66. The second-order valence-corrected chi connectivity index (χ2v) is 7.15. The van der Waals surface area contributed by atoms with Gasteiger partial charge in [0.25, 0.3) is 0 Å². The molecule has 4 aromatic rings. The summed E-state index contributed by atoms with van der Waals surface area (Å²) in [5.74, 6) is 0. The van der Waals surface area contributed by atoms with Crippen LogP contribution < -0.4 is 0 Å². The molecule has 0 fully saturated rings. The van der Waals surface area contributed by atoms with Gasteiger partial charge in [0.15, 0.2) is 10.8 Å². The van der Waals surface area contributed by atoms with Crippen LogP contribution in [0.25, 0.3) is 16.8 Å². The van der Waals surface area contributed by atoms with Gasteiger partial charge in [-0.25, -0.2) is 9.50 Å². The van der Waals surface area contributed by atoms with Gasteiger partial charge in [0.1, 0.15) is 0 Å². The van der Waals surface area contributed by atoms with E-state index in [9.17, 15) is 5.26 Å². The van der Waals surface area contributed by atoms with Gasteiger partial charge in [-0.2, -0.15) is 10.4 Å². The average Bonchev–Trinajstić information content (AvgIpc) is 3.08. The summed E-state index contributed by atoms with van der Waals surface area (Å²) < 4.78 is 1.74. The van der Waals surface area contributed by atoms with E-state index < -0.39 is 0 Å². The van der Waals surface area contributed by atoms with Crippen molar-refractivity contribution < 1.29 is 0 Å². The van der Waals surface area contributed by atoms with E-state index in [1.165, 1.54) is 5.56 Å². The molecule has 0 N–H and O–H groups in total. The van der Waals surface area contributed by atoms with Crippen LogP contribution in [-0.2, 0) is 12.8 Å². The van der Waals surface area contributed by atoms with E-state index in [1.807, 2.05) is 30.5 Å². The first-order valence-corrected chi connectivity index (χ1v) is 9.68. The number of nitriles is 1. The molecule has 0 atom stereocenters. The lowest BCUT2D eigenvalue weighted by atomic mass is 9.97. The second kappa shape index (κ2) is 7.84. The zero-order chi connectivity index (χ0) is 19.5. The number of rotatable bonds is 5. The molecule has 138 valence electrons. The minimum absolute atomic E-state index is 0.451. The molecule has 4 rings (SSSR count). The minimum atomic E-state index is 0.451. The van der Waals surface area contributed by atoms with Crippen LogP contribution >= 0.6 is 11.6 Å². The maximum atomic E-state index is 9.32. The van der Waals surface area contributed by atoms with Crippen LogP contribution in [-0.4, -0.2) is 14.6 Å². The summed E-state index contributed by atoms with van der Waals surface area (Å²) in [6.45, 7) is 2.15. The molecule has 0 saturated carbocycles. The molecule has 2 aromatic heterocycles. The summed E-state index contributed by atoms with van der Waals surface area (Å²) in [7, 11) is 0. The van der Waals surface area contributed by atoms with Gasteiger partial charge >= 0.3 is 0 Å². The molecule has 0 unspecified atom stereocenters. The molecule has 0 saturated heterocycles. The van der Waals surface area contributed by atoms with Gasteiger partial charge in [-0.1, -0.05) is 67.4 Å². The zero-order valence-electron chi connectivity index (χ0n) is 15.6. The molecule has 0 aliphatic heterocycles. The van der Waals surface area contributed by atoms with E-state index >= 15 is 0 Å². The lowest BCUT2D eigenvalue weighted by Gasteiger charge is -2.10. The third-order valence-corrected chi connectivity index (χ3v) is 4.96. The predicted octanol–water partition coefficient (Wildman–Crippen LogP) is 5.46. The standard InChI is InChI=1S/C23H19ClN4/c1-2-5-21-19(15-28-23(26-21)13-22(24)27-28)12-16-8-10-17(11-9-16)20-7-4-3-6-18(20)14-25/h3-4,6-11,13,15H,2,5,12H2,1H3. The van der Waals surface area contributed by atoms with E-state index in [0.29, 0.717) is 10.7 Å². The molecule has 0 amide bonds. The Hall–Kier alpha value is -3.16. The quantitative estimate of drug-likeness (QED) is 0.457. The molecule has 2 aromatic carbocycles. The second-order valence-electron chi connectivity index (χ2n) is 6.76. The molecular formula is C23H19ClN4. The predicted molar refractivity (Wildman–Crippen MR) is 111 cm³/mol. The van der Waals surface area contributed by atoms with Crippen molar-refractivity contribution in [3.63, 3.8) is 0 Å². The fraction of sp³-hybridized carbons (Fsp3) is 0.174. The molecule has 5 heteroatoms. The topological polar surface area (TPSA) is 54.0 Å². The lowest BCUT2D eigenvalue weighted by molar-refractivity contribution is 0.831. The summed E-state index contributed by atoms with van der Waals surface area (Å²) in [5, 5.41) is 14.1. The number of hydrogen-bond donors (Lipinski definition) is 0. The summed E-state index contributed by atoms with van der Waals surface area (Å²) in [4.78, 5) is 4.75. The molecule has 0 bridgehead atoms. The van der Waals surface area contributed by atoms with Gasteiger partial charge in [-0.3, -0.25) is 0 Å². The first-order chi connectivity index (χ1) is 13.7. The SMILES string of the molecule is CCCc1nc2cc(Cl)nn2cc1Cc1ccc(-c2ccccc2C#N)cc1. The molecule has 0 spiro atoms. The highest BCUT2D eigenvalue weighted by Crippen LogP contribution is 2.25. The number of aryl methyl sites for hydroxylation is 1. The van der Waals surface area contributed by atoms with E-state index in [1.54, 1.807) is 10.6 Å². The van der Waals surface area contributed by atoms with Crippen LogP contribution in [0.5, 0.6) is 0 Å². The Morgan fingerprint density at radius 3 is 2.64 bits per heavy atom. The van der Waals surface area contributed by atoms with Crippen molar-refractivity contribution in [1.29, 1.82) is 5.26 Å². The lowest BCUT2D eigenvalue weighted by Crippen LogP contribution is -2.03. The number of fused-ring (bicyclic) bond motifs is 1. The van der Waals surface area contributed by atoms with Crippen LogP contribution in [0, 0.1) is 11.3 Å². The monoisotopic (exact) mass is 386 g/mol. The molecule has 0 aliphatic rings. The van der Waals surface area contributed by atoms with Crippen LogP contribution in [0.15, 0.2) is 60.8 Å². The number of benzene rings is 2. The maximum Gasteiger partial charge on any atom is 0.156 e. The number of halogens is 1. The van der Waals surface area contributed by atoms with Gasteiger partial charge in [0.2, 0.25) is 0 Å². The molecular weight excluding hydrogens is 368 g/mol. The number of aromatic nitrogens is 3. The van der Waals surface area contributed by atoms with Crippen LogP contribution in [0.2, 0.25) is 5.15 Å². The molecule has 28 heavy (non-hydrogen) atoms. The molecule has 4 nitrogen and oxygen atoms in total. The first-order valence-electron chi connectivity index (χ1n) is 9.30. The van der Waals surface area contributed by atoms with Crippen LogP contribution in [0.4, 0.5) is 0 Å². The van der Waals surface area contributed by atoms with E-state index in [-0.39, 0.29) is 0 Å². The Bertz CT molecular complexity index is 1170. The highest BCUT2D eigenvalue weighted by molar-refractivity contribution is 6.29. The number of nitrogens with zero attached hydrogens (tertiary/aromatic N) is 4. The Morgan fingerprint density at radius 2 is 1.89 bits per heavy atom. The number of hydrogen-bond acceptors (Lipinski definition) is 3. The molecule has 0 radical (unpaired) electrons. The summed E-state index contributed by atoms with van der Waals surface area (Å²) in [6.07, 6.45) is 4.75. The molecule has 2 heterocycles. The minimum Gasteiger partial charge on any atom is -0.233 e. The van der Waals surface area contributed by atoms with Crippen LogP contribution in [0.1, 0.15) is 35.7 Å². The van der Waals surface area contributed by atoms with Crippen LogP contribution in [0.3, 0.4) is 0 Å². The smallest absolute Gasteiger partial charge is 0.156 e. The van der Waals surface area contributed by atoms with Gasteiger partial charge in [0, 0.05) is 24.4 Å². The third kappa shape index (κ3) is 3.62. The Morgan fingerprint density at radius 1 is 1.11 bits per heavy atom. The summed E-state index contributed by atoms with van der Waals surface area (Å²) in [6, 6.07) is 20.1. The van der Waals surface area contributed by atoms with E-state index in [4.69, 9.17) is 16.6 Å². The summed E-state index contributed by atoms with van der Waals surface area (Å²) >= 11 is 6.03. The van der Waals surface area contributed by atoms with Crippen molar-refractivity contribution in [3.8, 4) is 17.2 Å². The van der Waals surface area contributed by atoms with Gasteiger partial charge in [-0.15, -0.1) is 0 Å². The Labute approximate surface area is 169 Å². The highest BCUT2D eigenvalue weighted by Gasteiger charge is 2.10. The van der Waals surface area contributed by atoms with Crippen molar-refractivity contribution in [2.45, 2.75) is 26.2 Å². The average molecular weight is 387 g/mol. The van der Waals surface area contributed by atoms with Gasteiger partial charge in [0.05, 0.1) is 11.6 Å². The zero-order valence-corrected chi connectivity index (χ0v) is 16.3. The fourth-order valence-corrected chi connectivity index (χ4v) is 3.60. The molecule has 0 aliphatic carbocycles. The third-order valence-electron chi connectivity index (χ3n) is 4.78.